The molecule has 9 rings (SSSR count). The van der Waals surface area contributed by atoms with Crippen LogP contribution in [-0.4, -0.2) is 145 Å². The van der Waals surface area contributed by atoms with Crippen molar-refractivity contribution >= 4 is 55.2 Å². The lowest BCUT2D eigenvalue weighted by atomic mass is 9.78. The van der Waals surface area contributed by atoms with Crippen LogP contribution in [0.3, 0.4) is 0 Å². The average molecular weight is 1120 g/mol. The number of hydrogen-bond acceptors (Lipinski definition) is 10. The molecule has 4 aliphatic carbocycles. The third-order valence-corrected chi connectivity index (χ3v) is 22.6. The van der Waals surface area contributed by atoms with Gasteiger partial charge in [-0.3, -0.25) is 28.8 Å². The molecule has 7 fully saturated rings. The van der Waals surface area contributed by atoms with Crippen LogP contribution in [-0.2, 0) is 55.2 Å². The van der Waals surface area contributed by atoms with Gasteiger partial charge in [0.1, 0.15) is 23.7 Å². The summed E-state index contributed by atoms with van der Waals surface area (Å²) in [7, 11) is -7.06. The Balaban J connectivity index is 0.000000207. The number of rotatable bonds is 18. The standard InChI is InChI=1S/C32H47N3O5S.C28H47N3O5S/c1-4-21(2)31(37)33-29(23-12-6-5-7-13-23)32(38)34-18-17-27-30(34)26(20-35(27)41(3,39)40)28(36)19-24-15-10-14-22-11-8-9-16-25(22)24;1-4-19(2)27(33)29-25(21-13-9-6-10-14-21)28(34)30-16-15-23-26(30)22(18-31(23)37(3,35)36)24(32)17-20-11-7-5-8-12-20/h8-9,11,16,21,23-24,26-27,29-30H,4-7,10,12-15,17-20H2,1-3H3,(H,33,37);19-23,25-26H,4-18H2,1-3H3,(H,29,33)/t21-,24-,26-,27-,29+,30-;19-,22-,23-,25+,26-/m11/s1. The minimum absolute atomic E-state index is 0.0467. The van der Waals surface area contributed by atoms with E-state index < -0.39 is 62.1 Å². The van der Waals surface area contributed by atoms with Crippen LogP contribution in [0.5, 0.6) is 0 Å². The molecular formula is C60H94N6O10S2. The molecule has 4 heterocycles. The number of carbonyl (C=O) groups excluding carboxylic acids is 6. The van der Waals surface area contributed by atoms with Crippen molar-refractivity contribution in [2.75, 3.05) is 38.7 Å². The zero-order valence-electron chi connectivity index (χ0n) is 47.9. The summed E-state index contributed by atoms with van der Waals surface area (Å²) >= 11 is 0. The van der Waals surface area contributed by atoms with Crippen molar-refractivity contribution in [1.29, 1.82) is 0 Å². The highest BCUT2D eigenvalue weighted by molar-refractivity contribution is 7.88. The van der Waals surface area contributed by atoms with Crippen LogP contribution >= 0.6 is 0 Å². The molecule has 0 bridgehead atoms. The van der Waals surface area contributed by atoms with Gasteiger partial charge in [-0.05, 0) is 105 Å². The van der Waals surface area contributed by atoms with Crippen molar-refractivity contribution in [3.8, 4) is 0 Å². The van der Waals surface area contributed by atoms with Gasteiger partial charge in [0, 0.05) is 62.9 Å². The van der Waals surface area contributed by atoms with Gasteiger partial charge in [-0.1, -0.05) is 123 Å². The van der Waals surface area contributed by atoms with Gasteiger partial charge < -0.3 is 20.4 Å². The lowest BCUT2D eigenvalue weighted by Gasteiger charge is -2.36. The first-order chi connectivity index (χ1) is 37.2. The van der Waals surface area contributed by atoms with E-state index in [1.165, 1.54) is 38.7 Å². The summed E-state index contributed by atoms with van der Waals surface area (Å²) in [6.07, 6.45) is 24.3. The summed E-state index contributed by atoms with van der Waals surface area (Å²) in [5.41, 5.74) is 2.52. The Bertz CT molecular complexity index is 2530. The van der Waals surface area contributed by atoms with E-state index in [2.05, 4.69) is 22.8 Å². The topological polar surface area (TPSA) is 208 Å². The predicted molar refractivity (Wildman–Crippen MR) is 302 cm³/mol. The summed E-state index contributed by atoms with van der Waals surface area (Å²) in [5, 5.41) is 6.21. The fraction of sp³-hybridized carbons (Fsp3) is 0.800. The number of likely N-dealkylation sites (tertiary alicyclic amines) is 2. The molecule has 1 aromatic carbocycles. The van der Waals surface area contributed by atoms with Crippen molar-refractivity contribution in [2.45, 2.75) is 224 Å². The highest BCUT2D eigenvalue weighted by Crippen LogP contribution is 2.44. The van der Waals surface area contributed by atoms with Crippen LogP contribution in [0, 0.1) is 41.4 Å². The highest BCUT2D eigenvalue weighted by Gasteiger charge is 2.58. The molecule has 436 valence electrons. The van der Waals surface area contributed by atoms with Gasteiger partial charge in [0.15, 0.2) is 0 Å². The summed E-state index contributed by atoms with van der Waals surface area (Å²) < 4.78 is 54.1. The van der Waals surface area contributed by atoms with E-state index in [4.69, 9.17) is 0 Å². The van der Waals surface area contributed by atoms with Crippen LogP contribution in [0.2, 0.25) is 0 Å². The molecule has 4 saturated heterocycles. The zero-order valence-corrected chi connectivity index (χ0v) is 49.5. The van der Waals surface area contributed by atoms with E-state index in [1.807, 2.05) is 39.8 Å². The van der Waals surface area contributed by atoms with Gasteiger partial charge in [-0.25, -0.2) is 16.8 Å². The van der Waals surface area contributed by atoms with Crippen molar-refractivity contribution < 1.29 is 45.6 Å². The van der Waals surface area contributed by atoms with E-state index >= 15 is 0 Å². The van der Waals surface area contributed by atoms with Gasteiger partial charge in [0.25, 0.3) is 0 Å². The highest BCUT2D eigenvalue weighted by atomic mass is 32.2. The molecule has 78 heavy (non-hydrogen) atoms. The van der Waals surface area contributed by atoms with Gasteiger partial charge >= 0.3 is 0 Å². The van der Waals surface area contributed by atoms with Crippen molar-refractivity contribution in [3.05, 3.63) is 35.4 Å². The van der Waals surface area contributed by atoms with Crippen LogP contribution in [0.1, 0.15) is 192 Å². The molecule has 4 amide bonds. The summed E-state index contributed by atoms with van der Waals surface area (Å²) in [5.74, 6) is -1.14. The minimum atomic E-state index is -3.55. The molecular weight excluding hydrogens is 1030 g/mol. The van der Waals surface area contributed by atoms with Gasteiger partial charge in [-0.15, -0.1) is 0 Å². The summed E-state index contributed by atoms with van der Waals surface area (Å²) in [6, 6.07) is 5.38. The van der Waals surface area contributed by atoms with Gasteiger partial charge in [0.05, 0.1) is 36.4 Å². The number of amides is 4. The molecule has 0 unspecified atom stereocenters. The second-order valence-electron chi connectivity index (χ2n) is 25.2. The Labute approximate surface area is 467 Å². The molecule has 4 aliphatic heterocycles. The van der Waals surface area contributed by atoms with Gasteiger partial charge in [0.2, 0.25) is 43.7 Å². The molecule has 0 aromatic heterocycles. The molecule has 0 radical (unpaired) electrons. The molecule has 1 aromatic rings. The Morgan fingerprint density at radius 2 is 0.974 bits per heavy atom. The second kappa shape index (κ2) is 26.4. The number of Topliss-reactive ketones (excluding diaryl/α,β-unsaturated/α-hetero) is 2. The third kappa shape index (κ3) is 13.8. The molecule has 11 atom stereocenters. The first-order valence-corrected chi connectivity index (χ1v) is 34.2. The number of nitrogens with zero attached hydrogens (tertiary/aromatic N) is 4. The van der Waals surface area contributed by atoms with Crippen molar-refractivity contribution in [2.24, 2.45) is 41.4 Å². The smallest absolute Gasteiger partial charge is 0.245 e. The van der Waals surface area contributed by atoms with E-state index in [-0.39, 0.29) is 83.9 Å². The second-order valence-corrected chi connectivity index (χ2v) is 29.0. The maximum Gasteiger partial charge on any atom is 0.245 e. The van der Waals surface area contributed by atoms with Crippen LogP contribution in [0.4, 0.5) is 0 Å². The number of sulfonamides is 2. The Hall–Kier alpha value is -3.74. The first-order valence-electron chi connectivity index (χ1n) is 30.5. The van der Waals surface area contributed by atoms with Crippen LogP contribution in [0.25, 0.3) is 0 Å². The predicted octanol–water partition coefficient (Wildman–Crippen LogP) is 7.54. The Kier molecular flexibility index (Phi) is 20.5. The number of aryl methyl sites for hydroxylation is 1. The SMILES string of the molecule is CC[C@@H](C)C(=O)N[C@H](C(=O)N1CC[C@@H]2[C@H]1[C@@H](C(=O)CC1CCCCC1)CN2S(C)(=O)=O)C1CCCCC1.CC[C@@H](C)C(=O)N[C@H](C(=O)N1CC[C@@H]2[C@H]1[C@@H](C(=O)C[C@H]1CCCc3ccccc31)CN2S(C)(=O)=O)C1CCCCC1. The molecule has 3 saturated carbocycles. The van der Waals surface area contributed by atoms with Gasteiger partial charge in [-0.2, -0.15) is 8.61 Å². The third-order valence-electron chi connectivity index (χ3n) is 20.0. The number of fused-ring (bicyclic) bond motifs is 3. The fourth-order valence-electron chi connectivity index (χ4n) is 15.2. The number of ketones is 2. The molecule has 8 aliphatic rings. The van der Waals surface area contributed by atoms with Crippen LogP contribution in [0.15, 0.2) is 24.3 Å². The maximum absolute atomic E-state index is 14.3. The van der Waals surface area contributed by atoms with E-state index in [9.17, 15) is 45.6 Å². The quantitative estimate of drug-likeness (QED) is 0.148. The molecule has 2 N–H and O–H groups in total. The van der Waals surface area contributed by atoms with Crippen molar-refractivity contribution in [1.82, 2.24) is 29.0 Å². The Morgan fingerprint density at radius 3 is 1.41 bits per heavy atom. The van der Waals surface area contributed by atoms with Crippen molar-refractivity contribution in [3.63, 3.8) is 0 Å². The number of benzene rings is 1. The summed E-state index contributed by atoms with van der Waals surface area (Å²) in [6.45, 7) is 8.80. The lowest BCUT2D eigenvalue weighted by molar-refractivity contribution is -0.141. The van der Waals surface area contributed by atoms with E-state index in [0.29, 0.717) is 57.5 Å². The summed E-state index contributed by atoms with van der Waals surface area (Å²) in [4.78, 5) is 85.7. The zero-order chi connectivity index (χ0) is 56.1. The van der Waals surface area contributed by atoms with E-state index in [1.54, 1.807) is 9.80 Å². The fourth-order valence-corrected chi connectivity index (χ4v) is 17.5. The average Bonchev–Trinajstić information content (AvgIpc) is 4.27. The monoisotopic (exact) mass is 1120 g/mol. The Morgan fingerprint density at radius 1 is 0.551 bits per heavy atom. The maximum atomic E-state index is 14.3. The normalized spacial score (nSPS) is 29.0. The number of nitrogens with one attached hydrogen (secondary N) is 2. The first kappa shape index (κ1) is 60.4. The number of hydrogen-bond donors (Lipinski definition) is 2. The largest absolute Gasteiger partial charge is 0.344 e. The molecule has 18 heteroatoms. The lowest BCUT2D eigenvalue weighted by Crippen LogP contribution is -2.56. The van der Waals surface area contributed by atoms with E-state index in [0.717, 1.165) is 109 Å². The molecule has 16 nitrogen and oxygen atoms in total. The molecule has 0 spiro atoms. The minimum Gasteiger partial charge on any atom is -0.344 e. The number of carbonyl (C=O) groups is 6. The van der Waals surface area contributed by atoms with Crippen LogP contribution < -0.4 is 10.6 Å².